The second kappa shape index (κ2) is 12.9. The molecule has 5 nitrogen and oxygen atoms in total. The molecule has 0 saturated carbocycles. The molecule has 178 valence electrons. The molecule has 3 aromatic rings. The third kappa shape index (κ3) is 7.68. The van der Waals surface area contributed by atoms with E-state index in [1.807, 2.05) is 30.3 Å². The first-order valence-corrected chi connectivity index (χ1v) is 11.4. The van der Waals surface area contributed by atoms with Gasteiger partial charge in [0, 0.05) is 31.6 Å². The third-order valence-corrected chi connectivity index (χ3v) is 5.66. The van der Waals surface area contributed by atoms with Gasteiger partial charge in [-0.05, 0) is 41.0 Å². The second-order valence-electron chi connectivity index (χ2n) is 7.94. The van der Waals surface area contributed by atoms with E-state index >= 15 is 0 Å². The van der Waals surface area contributed by atoms with Crippen LogP contribution in [0.4, 0.5) is 4.39 Å². The number of hydrogen-bond acceptors (Lipinski definition) is 3. The molecule has 0 aliphatic heterocycles. The molecular weight excluding hydrogens is 455 g/mol. The number of benzene rings is 3. The largest absolute Gasteiger partial charge is 0.383 e. The van der Waals surface area contributed by atoms with Gasteiger partial charge in [-0.25, -0.2) is 4.39 Å². The predicted octanol–water partition coefficient (Wildman–Crippen LogP) is 4.42. The van der Waals surface area contributed by atoms with Crippen molar-refractivity contribution < 1.29 is 18.7 Å². The van der Waals surface area contributed by atoms with Crippen molar-refractivity contribution >= 4 is 23.4 Å². The summed E-state index contributed by atoms with van der Waals surface area (Å²) in [6.45, 7) is 0.860. The third-order valence-electron chi connectivity index (χ3n) is 5.41. The van der Waals surface area contributed by atoms with E-state index in [9.17, 15) is 14.0 Å². The fourth-order valence-electron chi connectivity index (χ4n) is 3.61. The van der Waals surface area contributed by atoms with E-state index < -0.39 is 6.04 Å². The van der Waals surface area contributed by atoms with Crippen LogP contribution in [0.25, 0.3) is 0 Å². The number of carbonyl (C=O) groups excluding carboxylic acids is 2. The molecule has 0 fully saturated rings. The van der Waals surface area contributed by atoms with Crippen LogP contribution in [-0.4, -0.2) is 43.0 Å². The fourth-order valence-corrected chi connectivity index (χ4v) is 3.74. The summed E-state index contributed by atoms with van der Waals surface area (Å²) in [6, 6.07) is 21.8. The van der Waals surface area contributed by atoms with Gasteiger partial charge in [-0.3, -0.25) is 9.59 Å². The Balaban J connectivity index is 1.92. The van der Waals surface area contributed by atoms with Crippen molar-refractivity contribution in [3.05, 3.63) is 106 Å². The van der Waals surface area contributed by atoms with Crippen LogP contribution in [-0.2, 0) is 33.7 Å². The van der Waals surface area contributed by atoms with Gasteiger partial charge < -0.3 is 15.0 Å². The summed E-state index contributed by atoms with van der Waals surface area (Å²) in [6.07, 6.45) is 0.447. The van der Waals surface area contributed by atoms with Crippen molar-refractivity contribution in [2.45, 2.75) is 25.4 Å². The van der Waals surface area contributed by atoms with Crippen LogP contribution in [0, 0.1) is 5.82 Å². The Morgan fingerprint density at radius 1 is 0.941 bits per heavy atom. The summed E-state index contributed by atoms with van der Waals surface area (Å²) >= 11 is 5.98. The van der Waals surface area contributed by atoms with E-state index in [0.29, 0.717) is 24.6 Å². The number of ether oxygens (including phenoxy) is 1. The van der Waals surface area contributed by atoms with Crippen LogP contribution in [0.15, 0.2) is 78.9 Å². The van der Waals surface area contributed by atoms with E-state index in [0.717, 1.165) is 16.7 Å². The molecule has 7 heteroatoms. The van der Waals surface area contributed by atoms with Crippen LogP contribution in [0.5, 0.6) is 0 Å². The zero-order chi connectivity index (χ0) is 24.3. The van der Waals surface area contributed by atoms with Crippen LogP contribution in [0.3, 0.4) is 0 Å². The second-order valence-corrected chi connectivity index (χ2v) is 8.38. The van der Waals surface area contributed by atoms with Gasteiger partial charge in [-0.1, -0.05) is 66.2 Å². The van der Waals surface area contributed by atoms with Gasteiger partial charge in [-0.15, -0.1) is 0 Å². The quantitative estimate of drug-likeness (QED) is 0.411. The van der Waals surface area contributed by atoms with E-state index in [-0.39, 0.29) is 30.6 Å². The van der Waals surface area contributed by atoms with E-state index in [1.54, 1.807) is 48.4 Å². The Bertz CT molecular complexity index is 1060. The van der Waals surface area contributed by atoms with Crippen molar-refractivity contribution in [3.63, 3.8) is 0 Å². The summed E-state index contributed by atoms with van der Waals surface area (Å²) in [7, 11) is 1.56. The molecule has 1 atom stereocenters. The van der Waals surface area contributed by atoms with Gasteiger partial charge in [0.2, 0.25) is 11.8 Å². The Morgan fingerprint density at radius 2 is 1.59 bits per heavy atom. The van der Waals surface area contributed by atoms with Crippen LogP contribution in [0.1, 0.15) is 16.7 Å². The Morgan fingerprint density at radius 3 is 2.24 bits per heavy atom. The topological polar surface area (TPSA) is 58.6 Å². The summed E-state index contributed by atoms with van der Waals surface area (Å²) < 4.78 is 18.5. The first-order chi connectivity index (χ1) is 16.5. The minimum absolute atomic E-state index is 0.106. The highest BCUT2D eigenvalue weighted by molar-refractivity contribution is 6.30. The van der Waals surface area contributed by atoms with Crippen molar-refractivity contribution in [3.8, 4) is 0 Å². The molecule has 0 radical (unpaired) electrons. The molecule has 3 aromatic carbocycles. The average Bonchev–Trinajstić information content (AvgIpc) is 2.84. The predicted molar refractivity (Wildman–Crippen MR) is 131 cm³/mol. The van der Waals surface area contributed by atoms with Gasteiger partial charge >= 0.3 is 0 Å². The van der Waals surface area contributed by atoms with Crippen LogP contribution < -0.4 is 5.32 Å². The lowest BCUT2D eigenvalue weighted by Crippen LogP contribution is -2.51. The molecule has 0 aliphatic rings. The molecule has 2 amide bonds. The molecule has 34 heavy (non-hydrogen) atoms. The molecule has 0 aliphatic carbocycles. The highest BCUT2D eigenvalue weighted by Crippen LogP contribution is 2.18. The fraction of sp³-hybridized carbons (Fsp3) is 0.259. The average molecular weight is 483 g/mol. The molecule has 0 spiro atoms. The lowest BCUT2D eigenvalue weighted by Gasteiger charge is -2.31. The Labute approximate surface area is 204 Å². The highest BCUT2D eigenvalue weighted by Gasteiger charge is 2.30. The highest BCUT2D eigenvalue weighted by atomic mass is 35.5. The zero-order valence-electron chi connectivity index (χ0n) is 19.0. The zero-order valence-corrected chi connectivity index (χ0v) is 19.8. The number of nitrogens with one attached hydrogen (secondary N) is 1. The number of methoxy groups -OCH3 is 1. The van der Waals surface area contributed by atoms with Crippen LogP contribution in [0.2, 0.25) is 5.02 Å². The molecule has 0 heterocycles. The van der Waals surface area contributed by atoms with Gasteiger partial charge in [0.1, 0.15) is 11.9 Å². The van der Waals surface area contributed by atoms with Crippen LogP contribution >= 0.6 is 11.6 Å². The number of amides is 2. The summed E-state index contributed by atoms with van der Waals surface area (Å²) in [5.41, 5.74) is 2.45. The molecule has 1 unspecified atom stereocenters. The molecular formula is C27H28ClFN2O3. The van der Waals surface area contributed by atoms with Gasteiger partial charge in [0.15, 0.2) is 0 Å². The van der Waals surface area contributed by atoms with Gasteiger partial charge in [0.25, 0.3) is 0 Å². The SMILES string of the molecule is COCCNC(=O)C(Cc1ccccc1)N(Cc1ccc(F)cc1)C(=O)Cc1ccc(Cl)cc1. The molecule has 0 bridgehead atoms. The number of rotatable bonds is 11. The molecule has 0 aromatic heterocycles. The minimum Gasteiger partial charge on any atom is -0.383 e. The van der Waals surface area contributed by atoms with E-state index in [4.69, 9.17) is 16.3 Å². The maximum absolute atomic E-state index is 13.5. The Kier molecular flexibility index (Phi) is 9.62. The van der Waals surface area contributed by atoms with Gasteiger partial charge in [0.05, 0.1) is 13.0 Å². The van der Waals surface area contributed by atoms with E-state index in [1.165, 1.54) is 12.1 Å². The Hall–Kier alpha value is -3.22. The lowest BCUT2D eigenvalue weighted by atomic mass is 10.0. The molecule has 1 N–H and O–H groups in total. The van der Waals surface area contributed by atoms with E-state index in [2.05, 4.69) is 5.32 Å². The number of carbonyl (C=O) groups is 2. The monoisotopic (exact) mass is 482 g/mol. The summed E-state index contributed by atoms with van der Waals surface area (Å²) in [4.78, 5) is 28.4. The number of hydrogen-bond donors (Lipinski definition) is 1. The van der Waals surface area contributed by atoms with Crippen molar-refractivity contribution in [1.82, 2.24) is 10.2 Å². The van der Waals surface area contributed by atoms with Crippen molar-refractivity contribution in [2.75, 3.05) is 20.3 Å². The summed E-state index contributed by atoms with van der Waals surface area (Å²) in [5, 5.41) is 3.45. The normalized spacial score (nSPS) is 11.6. The summed E-state index contributed by atoms with van der Waals surface area (Å²) in [5.74, 6) is -0.845. The molecule has 3 rings (SSSR count). The molecule has 0 saturated heterocycles. The standard InChI is InChI=1S/C27H28ClFN2O3/c1-34-16-15-30-27(33)25(17-20-5-3-2-4-6-20)31(19-22-9-13-24(29)14-10-22)26(32)18-21-7-11-23(28)12-8-21/h2-14,25H,15-19H2,1H3,(H,30,33). The first-order valence-electron chi connectivity index (χ1n) is 11.0. The van der Waals surface area contributed by atoms with Crippen molar-refractivity contribution in [2.24, 2.45) is 0 Å². The maximum Gasteiger partial charge on any atom is 0.243 e. The minimum atomic E-state index is -0.760. The smallest absolute Gasteiger partial charge is 0.243 e. The number of nitrogens with zero attached hydrogens (tertiary/aromatic N) is 1. The maximum atomic E-state index is 13.5. The van der Waals surface area contributed by atoms with Gasteiger partial charge in [-0.2, -0.15) is 0 Å². The first kappa shape index (κ1) is 25.4. The lowest BCUT2D eigenvalue weighted by molar-refractivity contribution is -0.140. The van der Waals surface area contributed by atoms with Crippen molar-refractivity contribution in [1.29, 1.82) is 0 Å². The number of halogens is 2.